The Morgan fingerprint density at radius 2 is 2.11 bits per heavy atom. The molecule has 4 heteroatoms. The van der Waals surface area contributed by atoms with E-state index in [0.717, 1.165) is 39.0 Å². The molecule has 0 aliphatic carbocycles. The second-order valence-corrected chi connectivity index (χ2v) is 5.28. The molecule has 2 unspecified atom stereocenters. The van der Waals surface area contributed by atoms with Crippen LogP contribution in [0, 0.1) is 5.92 Å². The standard InChI is InChI=1S/C14H28N2O2/c1-5-8-12-14(17)16(9-7-10-18-6-2)13(15-12)11(3)4/h11-13,15H,5-10H2,1-4H3. The van der Waals surface area contributed by atoms with Gasteiger partial charge in [0.05, 0.1) is 12.2 Å². The molecule has 4 nitrogen and oxygen atoms in total. The van der Waals surface area contributed by atoms with Crippen molar-refractivity contribution in [3.63, 3.8) is 0 Å². The fraction of sp³-hybridized carbons (Fsp3) is 0.929. The smallest absolute Gasteiger partial charge is 0.241 e. The Morgan fingerprint density at radius 1 is 1.39 bits per heavy atom. The summed E-state index contributed by atoms with van der Waals surface area (Å²) >= 11 is 0. The molecule has 1 aliphatic heterocycles. The summed E-state index contributed by atoms with van der Waals surface area (Å²) in [5.74, 6) is 0.718. The zero-order valence-electron chi connectivity index (χ0n) is 12.2. The zero-order valence-corrected chi connectivity index (χ0v) is 12.2. The molecule has 1 saturated heterocycles. The van der Waals surface area contributed by atoms with E-state index in [1.165, 1.54) is 0 Å². The fourth-order valence-electron chi connectivity index (χ4n) is 2.48. The van der Waals surface area contributed by atoms with Crippen molar-refractivity contribution in [1.82, 2.24) is 10.2 Å². The minimum absolute atomic E-state index is 0.0227. The second-order valence-electron chi connectivity index (χ2n) is 5.28. The van der Waals surface area contributed by atoms with Gasteiger partial charge in [-0.1, -0.05) is 27.2 Å². The quantitative estimate of drug-likeness (QED) is 0.675. The number of ether oxygens (including phenoxy) is 1. The molecule has 1 fully saturated rings. The summed E-state index contributed by atoms with van der Waals surface area (Å²) in [7, 11) is 0. The van der Waals surface area contributed by atoms with Gasteiger partial charge in [0, 0.05) is 19.8 Å². The van der Waals surface area contributed by atoms with Crippen molar-refractivity contribution in [3.05, 3.63) is 0 Å². The van der Waals surface area contributed by atoms with Crippen molar-refractivity contribution in [2.24, 2.45) is 5.92 Å². The van der Waals surface area contributed by atoms with E-state index in [1.807, 2.05) is 11.8 Å². The molecule has 0 radical (unpaired) electrons. The van der Waals surface area contributed by atoms with Gasteiger partial charge in [-0.2, -0.15) is 0 Å². The Morgan fingerprint density at radius 3 is 2.67 bits per heavy atom. The van der Waals surface area contributed by atoms with Gasteiger partial charge in [-0.25, -0.2) is 0 Å². The van der Waals surface area contributed by atoms with Crippen LogP contribution in [0.5, 0.6) is 0 Å². The first-order chi connectivity index (χ1) is 8.61. The molecule has 0 aromatic heterocycles. The summed E-state index contributed by atoms with van der Waals surface area (Å²) in [5.41, 5.74) is 0. The molecule has 0 spiro atoms. The first-order valence-corrected chi connectivity index (χ1v) is 7.26. The normalized spacial score (nSPS) is 24.3. The molecule has 1 amide bonds. The Labute approximate surface area is 111 Å². The van der Waals surface area contributed by atoms with Gasteiger partial charge in [-0.3, -0.25) is 10.1 Å². The van der Waals surface area contributed by atoms with Gasteiger partial charge < -0.3 is 9.64 Å². The van der Waals surface area contributed by atoms with Gasteiger partial charge in [-0.15, -0.1) is 0 Å². The van der Waals surface area contributed by atoms with Crippen molar-refractivity contribution in [3.8, 4) is 0 Å². The van der Waals surface area contributed by atoms with Gasteiger partial charge in [-0.05, 0) is 25.7 Å². The van der Waals surface area contributed by atoms with E-state index in [0.29, 0.717) is 5.92 Å². The van der Waals surface area contributed by atoms with Gasteiger partial charge in [0.2, 0.25) is 5.91 Å². The number of nitrogens with one attached hydrogen (secondary N) is 1. The molecular weight excluding hydrogens is 228 g/mol. The third-order valence-corrected chi connectivity index (χ3v) is 3.39. The molecule has 0 aromatic carbocycles. The molecule has 0 bridgehead atoms. The molecule has 0 aromatic rings. The molecule has 106 valence electrons. The van der Waals surface area contributed by atoms with Gasteiger partial charge in [0.1, 0.15) is 0 Å². The number of hydrogen-bond acceptors (Lipinski definition) is 3. The predicted molar refractivity (Wildman–Crippen MR) is 73.3 cm³/mol. The highest BCUT2D eigenvalue weighted by molar-refractivity contribution is 5.84. The maximum atomic E-state index is 12.3. The van der Waals surface area contributed by atoms with Gasteiger partial charge in [0.25, 0.3) is 0 Å². The molecule has 2 atom stereocenters. The largest absolute Gasteiger partial charge is 0.382 e. The minimum Gasteiger partial charge on any atom is -0.382 e. The van der Waals surface area contributed by atoms with Crippen molar-refractivity contribution >= 4 is 5.91 Å². The van der Waals surface area contributed by atoms with Crippen LogP contribution in [0.4, 0.5) is 0 Å². The van der Waals surface area contributed by atoms with Crippen molar-refractivity contribution in [1.29, 1.82) is 0 Å². The average Bonchev–Trinajstić information content (AvgIpc) is 2.64. The van der Waals surface area contributed by atoms with E-state index < -0.39 is 0 Å². The van der Waals surface area contributed by atoms with E-state index in [4.69, 9.17) is 4.74 Å². The highest BCUT2D eigenvalue weighted by atomic mass is 16.5. The van der Waals surface area contributed by atoms with E-state index >= 15 is 0 Å². The number of hydrogen-bond donors (Lipinski definition) is 1. The number of carbonyl (C=O) groups excluding carboxylic acids is 1. The maximum Gasteiger partial charge on any atom is 0.241 e. The number of nitrogens with zero attached hydrogens (tertiary/aromatic N) is 1. The van der Waals surface area contributed by atoms with Crippen LogP contribution in [0.15, 0.2) is 0 Å². The summed E-state index contributed by atoms with van der Waals surface area (Å²) in [6.07, 6.45) is 3.09. The van der Waals surface area contributed by atoms with E-state index in [2.05, 4.69) is 26.1 Å². The van der Waals surface area contributed by atoms with Crippen LogP contribution >= 0.6 is 0 Å². The third-order valence-electron chi connectivity index (χ3n) is 3.39. The van der Waals surface area contributed by atoms with Crippen molar-refractivity contribution in [2.45, 2.75) is 59.2 Å². The Balaban J connectivity index is 2.52. The number of carbonyl (C=O) groups is 1. The molecule has 1 rings (SSSR count). The molecule has 1 aliphatic rings. The third kappa shape index (κ3) is 3.95. The molecule has 18 heavy (non-hydrogen) atoms. The van der Waals surface area contributed by atoms with Crippen LogP contribution in [0.2, 0.25) is 0 Å². The van der Waals surface area contributed by atoms with Gasteiger partial charge in [0.15, 0.2) is 0 Å². The second kappa shape index (κ2) is 7.74. The Hall–Kier alpha value is -0.610. The average molecular weight is 256 g/mol. The summed E-state index contributed by atoms with van der Waals surface area (Å²) < 4.78 is 5.34. The number of rotatable bonds is 8. The maximum absolute atomic E-state index is 12.3. The van der Waals surface area contributed by atoms with E-state index in [9.17, 15) is 4.79 Å². The highest BCUT2D eigenvalue weighted by Gasteiger charge is 2.38. The van der Waals surface area contributed by atoms with Crippen LogP contribution in [0.25, 0.3) is 0 Å². The molecule has 1 N–H and O–H groups in total. The number of amides is 1. The lowest BCUT2D eigenvalue weighted by atomic mass is 10.1. The van der Waals surface area contributed by atoms with Crippen LogP contribution in [0.3, 0.4) is 0 Å². The SMILES string of the molecule is CCCC1NC(C(C)C)N(CCCOCC)C1=O. The zero-order chi connectivity index (χ0) is 13.5. The van der Waals surface area contributed by atoms with Crippen molar-refractivity contribution < 1.29 is 9.53 Å². The van der Waals surface area contributed by atoms with Crippen LogP contribution in [-0.4, -0.2) is 42.8 Å². The fourth-order valence-corrected chi connectivity index (χ4v) is 2.48. The van der Waals surface area contributed by atoms with Crippen LogP contribution < -0.4 is 5.32 Å². The Bertz CT molecular complexity index is 256. The van der Waals surface area contributed by atoms with Crippen LogP contribution in [0.1, 0.15) is 47.0 Å². The molecule has 1 heterocycles. The minimum atomic E-state index is 0.0227. The lowest BCUT2D eigenvalue weighted by Gasteiger charge is -2.27. The van der Waals surface area contributed by atoms with Gasteiger partial charge >= 0.3 is 0 Å². The van der Waals surface area contributed by atoms with E-state index in [1.54, 1.807) is 0 Å². The first kappa shape index (κ1) is 15.4. The molecule has 0 saturated carbocycles. The Kier molecular flexibility index (Phi) is 6.65. The topological polar surface area (TPSA) is 41.6 Å². The molecular formula is C14H28N2O2. The summed E-state index contributed by atoms with van der Waals surface area (Å²) in [4.78, 5) is 14.3. The first-order valence-electron chi connectivity index (χ1n) is 7.26. The predicted octanol–water partition coefficient (Wildman–Crippen LogP) is 2.00. The summed E-state index contributed by atoms with van der Waals surface area (Å²) in [6, 6.07) is 0.0227. The monoisotopic (exact) mass is 256 g/mol. The van der Waals surface area contributed by atoms with Crippen molar-refractivity contribution in [2.75, 3.05) is 19.8 Å². The van der Waals surface area contributed by atoms with E-state index in [-0.39, 0.29) is 18.1 Å². The highest BCUT2D eigenvalue weighted by Crippen LogP contribution is 2.20. The van der Waals surface area contributed by atoms with Crippen LogP contribution in [-0.2, 0) is 9.53 Å². The lowest BCUT2D eigenvalue weighted by molar-refractivity contribution is -0.130. The summed E-state index contributed by atoms with van der Waals surface area (Å²) in [5, 5.41) is 3.47. The lowest BCUT2D eigenvalue weighted by Crippen LogP contribution is -2.42. The summed E-state index contributed by atoms with van der Waals surface area (Å²) in [6.45, 7) is 10.7.